The summed E-state index contributed by atoms with van der Waals surface area (Å²) in [6, 6.07) is 9.22. The lowest BCUT2D eigenvalue weighted by molar-refractivity contribution is -0.132. The van der Waals surface area contributed by atoms with Gasteiger partial charge in [0.25, 0.3) is 5.91 Å². The van der Waals surface area contributed by atoms with E-state index in [0.717, 1.165) is 17.0 Å². The summed E-state index contributed by atoms with van der Waals surface area (Å²) in [7, 11) is 1.59. The Hall–Kier alpha value is -3.34. The van der Waals surface area contributed by atoms with Crippen molar-refractivity contribution in [1.29, 1.82) is 5.26 Å². The topological polar surface area (TPSA) is 91.5 Å². The number of hydrogen-bond donors (Lipinski definition) is 0. The smallest absolute Gasteiger partial charge is 0.253 e. The maximum Gasteiger partial charge on any atom is 0.253 e. The Kier molecular flexibility index (Phi) is 7.29. The van der Waals surface area contributed by atoms with Crippen LogP contribution >= 0.6 is 0 Å². The average molecular weight is 424 g/mol. The molecule has 1 aromatic carbocycles. The normalized spacial score (nSPS) is 13.7. The van der Waals surface area contributed by atoms with Crippen LogP contribution in [0.3, 0.4) is 0 Å². The second-order valence-corrected chi connectivity index (χ2v) is 7.68. The molecular weight excluding hydrogens is 394 g/mol. The van der Waals surface area contributed by atoms with Gasteiger partial charge in [0.15, 0.2) is 0 Å². The van der Waals surface area contributed by atoms with Crippen LogP contribution in [0.5, 0.6) is 5.75 Å². The molecule has 0 spiro atoms. The Morgan fingerprint density at radius 2 is 1.74 bits per heavy atom. The Morgan fingerprint density at radius 3 is 2.35 bits per heavy atom. The van der Waals surface area contributed by atoms with Gasteiger partial charge in [0.1, 0.15) is 5.75 Å². The molecule has 0 radical (unpaired) electrons. The minimum absolute atomic E-state index is 0.0224. The second-order valence-electron chi connectivity index (χ2n) is 7.68. The fourth-order valence-electron chi connectivity index (χ4n) is 3.93. The van der Waals surface area contributed by atoms with E-state index in [4.69, 9.17) is 10.00 Å². The standard InChI is InChI=1S/C23H29N5O3/c1-17-21(18(2)28(25-17)12-4-11-24)9-10-22(29)26-13-15-27(16-14-26)23(30)19-5-7-20(31-3)8-6-19/h5-8H,4,9-10,12-16H2,1-3H3. The third-order valence-corrected chi connectivity index (χ3v) is 5.81. The number of methoxy groups -OCH3 is 1. The molecule has 0 saturated carbocycles. The van der Waals surface area contributed by atoms with Crippen molar-refractivity contribution >= 4 is 11.8 Å². The lowest BCUT2D eigenvalue weighted by Crippen LogP contribution is -2.50. The Bertz CT molecular complexity index is 966. The van der Waals surface area contributed by atoms with Crippen molar-refractivity contribution in [1.82, 2.24) is 19.6 Å². The van der Waals surface area contributed by atoms with Crippen LogP contribution in [-0.2, 0) is 17.8 Å². The summed E-state index contributed by atoms with van der Waals surface area (Å²) in [5.74, 6) is 0.791. The SMILES string of the molecule is COc1ccc(C(=O)N2CCN(C(=O)CCc3c(C)nn(CCC#N)c3C)CC2)cc1. The van der Waals surface area contributed by atoms with Crippen molar-refractivity contribution in [2.24, 2.45) is 0 Å². The van der Waals surface area contributed by atoms with Crippen LogP contribution < -0.4 is 4.74 Å². The maximum absolute atomic E-state index is 12.7. The maximum atomic E-state index is 12.7. The van der Waals surface area contributed by atoms with Crippen LogP contribution in [0.1, 0.15) is 40.2 Å². The van der Waals surface area contributed by atoms with Crippen LogP contribution in [0, 0.1) is 25.2 Å². The van der Waals surface area contributed by atoms with Crippen LogP contribution in [0.15, 0.2) is 24.3 Å². The number of carbonyl (C=O) groups is 2. The fourth-order valence-corrected chi connectivity index (χ4v) is 3.93. The van der Waals surface area contributed by atoms with Crippen molar-refractivity contribution in [3.63, 3.8) is 0 Å². The molecule has 1 aromatic heterocycles. The Labute approximate surface area is 183 Å². The number of hydrogen-bond acceptors (Lipinski definition) is 5. The quantitative estimate of drug-likeness (QED) is 0.682. The Morgan fingerprint density at radius 1 is 1.10 bits per heavy atom. The third kappa shape index (κ3) is 5.23. The lowest BCUT2D eigenvalue weighted by Gasteiger charge is -2.35. The summed E-state index contributed by atoms with van der Waals surface area (Å²) < 4.78 is 6.98. The number of rotatable bonds is 7. The number of aryl methyl sites for hydroxylation is 2. The largest absolute Gasteiger partial charge is 0.497 e. The number of nitrogens with zero attached hydrogens (tertiary/aromatic N) is 5. The molecule has 8 heteroatoms. The van der Waals surface area contributed by atoms with Gasteiger partial charge in [-0.2, -0.15) is 10.4 Å². The second kappa shape index (κ2) is 10.1. The van der Waals surface area contributed by atoms with Crippen LogP contribution in [0.2, 0.25) is 0 Å². The predicted octanol–water partition coefficient (Wildman–Crippen LogP) is 2.34. The van der Waals surface area contributed by atoms with Gasteiger partial charge in [-0.25, -0.2) is 0 Å². The van der Waals surface area contributed by atoms with Crippen molar-refractivity contribution in [2.75, 3.05) is 33.3 Å². The van der Waals surface area contributed by atoms with Crippen LogP contribution in [0.25, 0.3) is 0 Å². The van der Waals surface area contributed by atoms with Crippen molar-refractivity contribution in [2.45, 2.75) is 39.7 Å². The first kappa shape index (κ1) is 22.3. The van der Waals surface area contributed by atoms with Gasteiger partial charge < -0.3 is 14.5 Å². The first-order valence-corrected chi connectivity index (χ1v) is 10.6. The van der Waals surface area contributed by atoms with Gasteiger partial charge in [0, 0.05) is 43.9 Å². The molecule has 8 nitrogen and oxygen atoms in total. The minimum Gasteiger partial charge on any atom is -0.497 e. The van der Waals surface area contributed by atoms with E-state index in [1.54, 1.807) is 36.3 Å². The minimum atomic E-state index is -0.0224. The molecule has 0 unspecified atom stereocenters. The molecule has 1 aliphatic heterocycles. The van der Waals surface area contributed by atoms with E-state index in [9.17, 15) is 9.59 Å². The molecule has 0 aliphatic carbocycles. The molecule has 2 amide bonds. The summed E-state index contributed by atoms with van der Waals surface area (Å²) in [6.45, 7) is 6.64. The highest BCUT2D eigenvalue weighted by atomic mass is 16.5. The van der Waals surface area contributed by atoms with Gasteiger partial charge in [-0.05, 0) is 50.1 Å². The first-order valence-electron chi connectivity index (χ1n) is 10.6. The van der Waals surface area contributed by atoms with E-state index in [-0.39, 0.29) is 11.8 Å². The Balaban J connectivity index is 1.51. The van der Waals surface area contributed by atoms with Crippen molar-refractivity contribution < 1.29 is 14.3 Å². The van der Waals surface area contributed by atoms with Gasteiger partial charge in [0.05, 0.1) is 31.8 Å². The number of ether oxygens (including phenoxy) is 1. The molecule has 3 rings (SSSR count). The average Bonchev–Trinajstić information content (AvgIpc) is 3.08. The number of piperazine rings is 1. The molecule has 1 fully saturated rings. The molecular formula is C23H29N5O3. The number of amides is 2. The molecule has 2 aromatic rings. The molecule has 0 N–H and O–H groups in total. The van der Waals surface area contributed by atoms with Crippen molar-refractivity contribution in [3.8, 4) is 11.8 Å². The lowest BCUT2D eigenvalue weighted by atomic mass is 10.1. The third-order valence-electron chi connectivity index (χ3n) is 5.81. The molecule has 0 atom stereocenters. The number of aromatic nitrogens is 2. The first-order chi connectivity index (χ1) is 14.9. The van der Waals surface area contributed by atoms with Crippen molar-refractivity contribution in [3.05, 3.63) is 46.8 Å². The summed E-state index contributed by atoms with van der Waals surface area (Å²) in [5, 5.41) is 13.3. The molecule has 2 heterocycles. The molecule has 1 aliphatic rings. The number of nitriles is 1. The molecule has 0 bridgehead atoms. The molecule has 1 saturated heterocycles. The number of carbonyl (C=O) groups excluding carboxylic acids is 2. The summed E-state index contributed by atoms with van der Waals surface area (Å²) in [5.41, 5.74) is 3.65. The highest BCUT2D eigenvalue weighted by molar-refractivity contribution is 5.94. The van der Waals surface area contributed by atoms with E-state index >= 15 is 0 Å². The fraction of sp³-hybridized carbons (Fsp3) is 0.478. The highest BCUT2D eigenvalue weighted by Gasteiger charge is 2.25. The van der Waals surface area contributed by atoms with Gasteiger partial charge in [-0.3, -0.25) is 14.3 Å². The van der Waals surface area contributed by atoms with Gasteiger partial charge in [-0.15, -0.1) is 0 Å². The zero-order chi connectivity index (χ0) is 22.4. The van der Waals surface area contributed by atoms with E-state index < -0.39 is 0 Å². The highest BCUT2D eigenvalue weighted by Crippen LogP contribution is 2.18. The van der Waals surface area contributed by atoms with E-state index in [2.05, 4.69) is 11.2 Å². The van der Waals surface area contributed by atoms with Gasteiger partial charge in [0.2, 0.25) is 5.91 Å². The van der Waals surface area contributed by atoms with Crippen LogP contribution in [0.4, 0.5) is 0 Å². The number of benzene rings is 1. The van der Waals surface area contributed by atoms with E-state index in [1.165, 1.54) is 0 Å². The summed E-state index contributed by atoms with van der Waals surface area (Å²) in [4.78, 5) is 29.0. The summed E-state index contributed by atoms with van der Waals surface area (Å²) in [6.07, 6.45) is 1.46. The zero-order valence-electron chi connectivity index (χ0n) is 18.4. The van der Waals surface area contributed by atoms with Crippen LogP contribution in [-0.4, -0.2) is 64.7 Å². The predicted molar refractivity (Wildman–Crippen MR) is 116 cm³/mol. The molecule has 31 heavy (non-hydrogen) atoms. The summed E-state index contributed by atoms with van der Waals surface area (Å²) >= 11 is 0. The monoisotopic (exact) mass is 423 g/mol. The van der Waals surface area contributed by atoms with Gasteiger partial charge >= 0.3 is 0 Å². The van der Waals surface area contributed by atoms with E-state index in [0.29, 0.717) is 63.3 Å². The molecule has 164 valence electrons. The zero-order valence-corrected chi connectivity index (χ0v) is 18.4. The van der Waals surface area contributed by atoms with E-state index in [1.807, 2.05) is 23.4 Å². The van der Waals surface area contributed by atoms with Gasteiger partial charge in [-0.1, -0.05) is 0 Å².